The van der Waals surface area contributed by atoms with Gasteiger partial charge in [-0.3, -0.25) is 9.59 Å². The highest BCUT2D eigenvalue weighted by Gasteiger charge is 2.22. The van der Waals surface area contributed by atoms with Crippen molar-refractivity contribution < 1.29 is 18.7 Å². The second-order valence-electron chi connectivity index (χ2n) is 6.18. The molecule has 0 bridgehead atoms. The largest absolute Gasteiger partial charge is 0.380 e. The van der Waals surface area contributed by atoms with E-state index in [9.17, 15) is 14.0 Å². The number of carbonyl (C=O) groups excluding carboxylic acids is 2. The quantitative estimate of drug-likeness (QED) is 0.834. The van der Waals surface area contributed by atoms with E-state index in [1.165, 1.54) is 11.0 Å². The number of hydrogen-bond acceptors (Lipinski definition) is 4. The summed E-state index contributed by atoms with van der Waals surface area (Å²) in [4.78, 5) is 25.0. The summed E-state index contributed by atoms with van der Waals surface area (Å²) in [7, 11) is 0. The monoisotopic (exact) mass is 335 g/mol. The molecule has 2 amide bonds. The van der Waals surface area contributed by atoms with Gasteiger partial charge in [-0.15, -0.1) is 0 Å². The van der Waals surface area contributed by atoms with Crippen molar-refractivity contribution in [3.8, 4) is 0 Å². The Morgan fingerprint density at radius 3 is 2.92 bits per heavy atom. The first-order valence-corrected chi connectivity index (χ1v) is 8.34. The van der Waals surface area contributed by atoms with Crippen molar-refractivity contribution in [2.75, 3.05) is 36.9 Å². The minimum absolute atomic E-state index is 0.00925. The van der Waals surface area contributed by atoms with Crippen LogP contribution in [0.15, 0.2) is 18.2 Å². The molecule has 2 aliphatic heterocycles. The zero-order chi connectivity index (χ0) is 16.9. The maximum Gasteiger partial charge on any atom is 0.243 e. The predicted molar refractivity (Wildman–Crippen MR) is 88.3 cm³/mol. The number of likely N-dealkylation sites (tertiary alicyclic amines) is 1. The van der Waals surface area contributed by atoms with Crippen LogP contribution in [0.3, 0.4) is 0 Å². The van der Waals surface area contributed by atoms with Crippen molar-refractivity contribution in [3.05, 3.63) is 24.0 Å². The van der Waals surface area contributed by atoms with Crippen molar-refractivity contribution in [2.24, 2.45) is 0 Å². The minimum atomic E-state index is -0.428. The molecule has 0 aromatic heterocycles. The first kappa shape index (κ1) is 16.7. The van der Waals surface area contributed by atoms with Crippen LogP contribution in [-0.2, 0) is 14.3 Å². The van der Waals surface area contributed by atoms with Gasteiger partial charge in [0.25, 0.3) is 0 Å². The molecule has 1 unspecified atom stereocenters. The van der Waals surface area contributed by atoms with E-state index in [4.69, 9.17) is 4.74 Å². The molecule has 1 aromatic rings. The fraction of sp³-hybridized carbons (Fsp3) is 0.529. The lowest BCUT2D eigenvalue weighted by Crippen LogP contribution is -2.33. The minimum Gasteiger partial charge on any atom is -0.380 e. The van der Waals surface area contributed by atoms with Gasteiger partial charge in [0.05, 0.1) is 18.3 Å². The lowest BCUT2D eigenvalue weighted by atomic mass is 10.2. The number of benzene rings is 1. The van der Waals surface area contributed by atoms with Crippen molar-refractivity contribution in [2.45, 2.75) is 31.8 Å². The molecule has 130 valence electrons. The Balaban J connectivity index is 1.51. The van der Waals surface area contributed by atoms with Gasteiger partial charge in [-0.25, -0.2) is 4.39 Å². The number of anilines is 2. The maximum absolute atomic E-state index is 14.1. The average molecular weight is 335 g/mol. The molecule has 0 spiro atoms. The van der Waals surface area contributed by atoms with Crippen LogP contribution in [0.1, 0.15) is 25.7 Å². The number of hydrogen-bond donors (Lipinski definition) is 2. The van der Waals surface area contributed by atoms with Crippen molar-refractivity contribution in [1.82, 2.24) is 4.90 Å². The molecular weight excluding hydrogens is 313 g/mol. The summed E-state index contributed by atoms with van der Waals surface area (Å²) >= 11 is 0. The van der Waals surface area contributed by atoms with Crippen LogP contribution in [0.4, 0.5) is 15.8 Å². The molecule has 24 heavy (non-hydrogen) atoms. The fourth-order valence-electron chi connectivity index (χ4n) is 3.01. The van der Waals surface area contributed by atoms with Gasteiger partial charge in [0.2, 0.25) is 11.8 Å². The van der Waals surface area contributed by atoms with Crippen molar-refractivity contribution >= 4 is 23.2 Å². The molecule has 0 radical (unpaired) electrons. The van der Waals surface area contributed by atoms with Gasteiger partial charge >= 0.3 is 0 Å². The standard InChI is InChI=1S/C17H22FN3O3/c18-14-9-12(20-16(22)11-21-7-1-4-17(21)23)5-6-15(14)19-10-13-3-2-8-24-13/h5-6,9,13,19H,1-4,7-8,10-11H2,(H,20,22). The molecule has 3 rings (SSSR count). The van der Waals surface area contributed by atoms with Gasteiger partial charge in [0.15, 0.2) is 0 Å². The van der Waals surface area contributed by atoms with Crippen LogP contribution in [0.2, 0.25) is 0 Å². The zero-order valence-electron chi connectivity index (χ0n) is 13.5. The molecule has 2 fully saturated rings. The van der Waals surface area contributed by atoms with Gasteiger partial charge in [-0.2, -0.15) is 0 Å². The summed E-state index contributed by atoms with van der Waals surface area (Å²) in [5.41, 5.74) is 0.769. The molecule has 2 aliphatic rings. The number of ether oxygens (including phenoxy) is 1. The normalized spacial score (nSPS) is 20.5. The number of amides is 2. The summed E-state index contributed by atoms with van der Waals surface area (Å²) in [6, 6.07) is 4.52. The van der Waals surface area contributed by atoms with Crippen LogP contribution >= 0.6 is 0 Å². The van der Waals surface area contributed by atoms with E-state index >= 15 is 0 Å². The lowest BCUT2D eigenvalue weighted by Gasteiger charge is -2.16. The molecule has 6 nitrogen and oxygen atoms in total. The summed E-state index contributed by atoms with van der Waals surface area (Å²) in [5, 5.41) is 5.66. The second kappa shape index (κ2) is 7.61. The Morgan fingerprint density at radius 1 is 1.38 bits per heavy atom. The highest BCUT2D eigenvalue weighted by atomic mass is 19.1. The number of carbonyl (C=O) groups is 2. The first-order valence-electron chi connectivity index (χ1n) is 8.34. The Morgan fingerprint density at radius 2 is 2.25 bits per heavy atom. The third kappa shape index (κ3) is 4.23. The summed E-state index contributed by atoms with van der Waals surface area (Å²) < 4.78 is 19.6. The number of nitrogens with one attached hydrogen (secondary N) is 2. The average Bonchev–Trinajstić information content (AvgIpc) is 3.19. The number of halogens is 1. The molecule has 0 saturated carbocycles. The molecule has 2 N–H and O–H groups in total. The van der Waals surface area contributed by atoms with Crippen LogP contribution in [0, 0.1) is 5.82 Å². The molecular formula is C17H22FN3O3. The Bertz CT molecular complexity index is 617. The van der Waals surface area contributed by atoms with Crippen LogP contribution < -0.4 is 10.6 Å². The Kier molecular flexibility index (Phi) is 5.30. The SMILES string of the molecule is O=C(CN1CCCC1=O)Nc1ccc(NCC2CCCO2)c(F)c1. The molecule has 0 aliphatic carbocycles. The van der Waals surface area contributed by atoms with Gasteiger partial charge in [0.1, 0.15) is 5.82 Å². The molecule has 2 heterocycles. The van der Waals surface area contributed by atoms with Gasteiger partial charge in [-0.1, -0.05) is 0 Å². The van der Waals surface area contributed by atoms with Crippen LogP contribution in [-0.4, -0.2) is 49.1 Å². The first-order chi connectivity index (χ1) is 11.6. The van der Waals surface area contributed by atoms with Crippen LogP contribution in [0.25, 0.3) is 0 Å². The highest BCUT2D eigenvalue weighted by Crippen LogP contribution is 2.20. The fourth-order valence-corrected chi connectivity index (χ4v) is 3.01. The van der Waals surface area contributed by atoms with Crippen LogP contribution in [0.5, 0.6) is 0 Å². The van der Waals surface area contributed by atoms with E-state index in [1.54, 1.807) is 12.1 Å². The van der Waals surface area contributed by atoms with E-state index in [-0.39, 0.29) is 24.5 Å². The zero-order valence-corrected chi connectivity index (χ0v) is 13.5. The predicted octanol–water partition coefficient (Wildman–Crippen LogP) is 1.98. The topological polar surface area (TPSA) is 70.7 Å². The van der Waals surface area contributed by atoms with Gasteiger partial charge < -0.3 is 20.3 Å². The third-order valence-corrected chi connectivity index (χ3v) is 4.30. The van der Waals surface area contributed by atoms with E-state index in [0.29, 0.717) is 30.9 Å². The van der Waals surface area contributed by atoms with Gasteiger partial charge in [0, 0.05) is 31.8 Å². The molecule has 2 saturated heterocycles. The second-order valence-corrected chi connectivity index (χ2v) is 6.18. The van der Waals surface area contributed by atoms with Crippen molar-refractivity contribution in [1.29, 1.82) is 0 Å². The smallest absolute Gasteiger partial charge is 0.243 e. The third-order valence-electron chi connectivity index (χ3n) is 4.30. The molecule has 1 atom stereocenters. The Hall–Kier alpha value is -2.15. The number of rotatable bonds is 6. The van der Waals surface area contributed by atoms with E-state index in [1.807, 2.05) is 0 Å². The highest BCUT2D eigenvalue weighted by molar-refractivity contribution is 5.95. The summed E-state index contributed by atoms with van der Waals surface area (Å²) in [5.74, 6) is -0.752. The van der Waals surface area contributed by atoms with Crippen molar-refractivity contribution in [3.63, 3.8) is 0 Å². The lowest BCUT2D eigenvalue weighted by molar-refractivity contribution is -0.131. The van der Waals surface area contributed by atoms with E-state index in [2.05, 4.69) is 10.6 Å². The maximum atomic E-state index is 14.1. The van der Waals surface area contributed by atoms with Gasteiger partial charge in [-0.05, 0) is 37.5 Å². The molecule has 1 aromatic carbocycles. The Labute approximate surface area is 140 Å². The van der Waals surface area contributed by atoms with E-state index < -0.39 is 5.82 Å². The number of nitrogens with zero attached hydrogens (tertiary/aromatic N) is 1. The molecule has 7 heteroatoms. The summed E-state index contributed by atoms with van der Waals surface area (Å²) in [6.45, 7) is 1.95. The summed E-state index contributed by atoms with van der Waals surface area (Å²) in [6.07, 6.45) is 3.43. The van der Waals surface area contributed by atoms with E-state index in [0.717, 1.165) is 25.9 Å².